The summed E-state index contributed by atoms with van der Waals surface area (Å²) in [4.78, 5) is 14.9. The number of nitrogens with zero attached hydrogens (tertiary/aromatic N) is 5. The van der Waals surface area contributed by atoms with Crippen LogP contribution in [0.4, 0.5) is 0 Å². The molecule has 0 aliphatic carbocycles. The Balaban J connectivity index is 1.14. The fraction of sp³-hybridized carbons (Fsp3) is 0. The van der Waals surface area contributed by atoms with Crippen LogP contribution in [0.1, 0.15) is 0 Å². The first-order valence-electron chi connectivity index (χ1n) is 19.1. The number of furan rings is 1. The number of para-hydroxylation sites is 3. The zero-order chi connectivity index (χ0) is 37.5. The maximum absolute atomic E-state index is 6.51. The molecule has 4 aromatic heterocycles. The van der Waals surface area contributed by atoms with E-state index in [4.69, 9.17) is 19.4 Å². The molecule has 12 rings (SSSR count). The molecule has 0 atom stereocenters. The first kappa shape index (κ1) is 31.5. The number of hydrogen-bond acceptors (Lipinski definition) is 4. The summed E-state index contributed by atoms with van der Waals surface area (Å²) >= 11 is 0. The molecule has 0 saturated heterocycles. The molecule has 4 heterocycles. The normalized spacial score (nSPS) is 11.9. The van der Waals surface area contributed by atoms with Crippen molar-refractivity contribution < 1.29 is 4.42 Å². The third-order valence-electron chi connectivity index (χ3n) is 11.2. The van der Waals surface area contributed by atoms with Gasteiger partial charge in [-0.25, -0.2) is 15.0 Å². The number of fused-ring (bicyclic) bond motifs is 10. The summed E-state index contributed by atoms with van der Waals surface area (Å²) in [6, 6.07) is 65.6. The van der Waals surface area contributed by atoms with Gasteiger partial charge in [0, 0.05) is 66.4 Å². The highest BCUT2D eigenvalue weighted by Gasteiger charge is 2.23. The Morgan fingerprint density at radius 2 is 0.807 bits per heavy atom. The second-order valence-corrected chi connectivity index (χ2v) is 14.4. The van der Waals surface area contributed by atoms with Crippen LogP contribution in [0.25, 0.3) is 111 Å². The van der Waals surface area contributed by atoms with Crippen LogP contribution < -0.4 is 0 Å². The van der Waals surface area contributed by atoms with Gasteiger partial charge in [-0.1, -0.05) is 127 Å². The lowest BCUT2D eigenvalue weighted by Gasteiger charge is -2.13. The predicted molar refractivity (Wildman–Crippen MR) is 232 cm³/mol. The molecule has 12 aromatic rings. The molecule has 0 fully saturated rings. The Kier molecular flexibility index (Phi) is 6.83. The first-order chi connectivity index (χ1) is 28.3. The van der Waals surface area contributed by atoms with E-state index in [-0.39, 0.29) is 0 Å². The average molecular weight is 730 g/mol. The topological polar surface area (TPSA) is 61.7 Å². The molecular weight excluding hydrogens is 699 g/mol. The lowest BCUT2D eigenvalue weighted by atomic mass is 10.1. The lowest BCUT2D eigenvalue weighted by Crippen LogP contribution is -2.01. The van der Waals surface area contributed by atoms with Crippen molar-refractivity contribution in [2.45, 2.75) is 0 Å². The van der Waals surface area contributed by atoms with Crippen LogP contribution in [0.2, 0.25) is 0 Å². The third-order valence-corrected chi connectivity index (χ3v) is 11.2. The maximum atomic E-state index is 6.51. The van der Waals surface area contributed by atoms with E-state index in [9.17, 15) is 0 Å². The Bertz CT molecular complexity index is 3430. The van der Waals surface area contributed by atoms with Crippen LogP contribution in [0, 0.1) is 0 Å². The molecule has 0 amide bonds. The maximum Gasteiger partial charge on any atom is 0.164 e. The minimum absolute atomic E-state index is 0.618. The summed E-state index contributed by atoms with van der Waals surface area (Å²) in [5.74, 6) is 1.89. The van der Waals surface area contributed by atoms with Crippen LogP contribution in [0.15, 0.2) is 192 Å². The second-order valence-electron chi connectivity index (χ2n) is 14.4. The summed E-state index contributed by atoms with van der Waals surface area (Å²) in [5, 5.41) is 6.96. The average Bonchev–Trinajstić information content (AvgIpc) is 3.93. The summed E-state index contributed by atoms with van der Waals surface area (Å²) in [6.45, 7) is 0. The highest BCUT2D eigenvalue weighted by atomic mass is 16.3. The van der Waals surface area contributed by atoms with Gasteiger partial charge in [-0.3, -0.25) is 0 Å². The molecule has 0 aliphatic heterocycles. The summed E-state index contributed by atoms with van der Waals surface area (Å²) in [5.41, 5.74) is 11.2. The molecule has 0 unspecified atom stereocenters. The minimum Gasteiger partial charge on any atom is -0.456 e. The number of rotatable bonds is 5. The highest BCUT2D eigenvalue weighted by Crippen LogP contribution is 2.44. The number of benzene rings is 8. The molecule has 0 spiro atoms. The molecule has 0 saturated carbocycles. The van der Waals surface area contributed by atoms with Gasteiger partial charge in [0.05, 0.1) is 22.1 Å². The van der Waals surface area contributed by atoms with E-state index in [0.29, 0.717) is 17.5 Å². The van der Waals surface area contributed by atoms with Crippen LogP contribution >= 0.6 is 0 Å². The molecule has 266 valence electrons. The van der Waals surface area contributed by atoms with E-state index >= 15 is 0 Å². The van der Waals surface area contributed by atoms with Crippen molar-refractivity contribution in [3.8, 4) is 45.5 Å². The van der Waals surface area contributed by atoms with Crippen LogP contribution in [0.3, 0.4) is 0 Å². The van der Waals surface area contributed by atoms with Gasteiger partial charge in [0.2, 0.25) is 0 Å². The van der Waals surface area contributed by atoms with E-state index in [1.807, 2.05) is 72.8 Å². The third kappa shape index (κ3) is 4.87. The van der Waals surface area contributed by atoms with Crippen molar-refractivity contribution in [2.24, 2.45) is 0 Å². The fourth-order valence-electron chi connectivity index (χ4n) is 8.58. The molecule has 0 radical (unpaired) electrons. The van der Waals surface area contributed by atoms with Crippen LogP contribution in [0.5, 0.6) is 0 Å². The van der Waals surface area contributed by atoms with Crippen molar-refractivity contribution in [3.63, 3.8) is 0 Å². The van der Waals surface area contributed by atoms with Crippen molar-refractivity contribution in [1.29, 1.82) is 0 Å². The fourth-order valence-corrected chi connectivity index (χ4v) is 8.58. The standard InChI is InChI=1S/C51H31N5O/c1-4-14-32(15-5-1)49-52-50(33-16-6-2-7-17-33)54-51(53-49)34-24-26-36(27-25-34)56-44-31-46-42(38-21-11-13-23-45(38)57-46)30-41(44)40-29-28-39-37-20-10-12-22-43(37)55(47(39)48(40)56)35-18-8-3-9-19-35/h1-31H. The van der Waals surface area contributed by atoms with Gasteiger partial charge >= 0.3 is 0 Å². The Morgan fingerprint density at radius 1 is 0.316 bits per heavy atom. The summed E-state index contributed by atoms with van der Waals surface area (Å²) < 4.78 is 11.3. The van der Waals surface area contributed by atoms with Gasteiger partial charge in [0.1, 0.15) is 11.2 Å². The SMILES string of the molecule is c1ccc(-c2nc(-c3ccccc3)nc(-c3ccc(-n4c5cc6oc7ccccc7c6cc5c5ccc6c7ccccc7n(-c7ccccc7)c6c54)cc3)n2)cc1. The molecule has 57 heavy (non-hydrogen) atoms. The molecule has 8 aromatic carbocycles. The molecule has 0 N–H and O–H groups in total. The van der Waals surface area contributed by atoms with Crippen molar-refractivity contribution in [3.05, 3.63) is 188 Å². The minimum atomic E-state index is 0.618. The Morgan fingerprint density at radius 3 is 1.46 bits per heavy atom. The predicted octanol–water partition coefficient (Wildman–Crippen LogP) is 13.0. The monoisotopic (exact) mass is 729 g/mol. The largest absolute Gasteiger partial charge is 0.456 e. The zero-order valence-electron chi connectivity index (χ0n) is 30.5. The molecule has 6 heteroatoms. The first-order valence-corrected chi connectivity index (χ1v) is 19.1. The van der Waals surface area contributed by atoms with E-state index < -0.39 is 0 Å². The summed E-state index contributed by atoms with van der Waals surface area (Å²) in [6.07, 6.45) is 0. The molecule has 6 nitrogen and oxygen atoms in total. The second kappa shape index (κ2) is 12.3. The van der Waals surface area contributed by atoms with Crippen LogP contribution in [-0.2, 0) is 0 Å². The van der Waals surface area contributed by atoms with Crippen LogP contribution in [-0.4, -0.2) is 24.1 Å². The van der Waals surface area contributed by atoms with E-state index in [1.54, 1.807) is 0 Å². The van der Waals surface area contributed by atoms with Gasteiger partial charge < -0.3 is 13.6 Å². The lowest BCUT2D eigenvalue weighted by molar-refractivity contribution is 0.669. The van der Waals surface area contributed by atoms with E-state index in [0.717, 1.165) is 77.5 Å². The van der Waals surface area contributed by atoms with Crippen molar-refractivity contribution >= 4 is 65.6 Å². The van der Waals surface area contributed by atoms with Crippen molar-refractivity contribution in [2.75, 3.05) is 0 Å². The van der Waals surface area contributed by atoms with Gasteiger partial charge in [-0.2, -0.15) is 0 Å². The molecule has 0 aliphatic rings. The smallest absolute Gasteiger partial charge is 0.164 e. The Labute approximate surface area is 326 Å². The van der Waals surface area contributed by atoms with Gasteiger partial charge in [0.25, 0.3) is 0 Å². The van der Waals surface area contributed by atoms with Gasteiger partial charge in [-0.15, -0.1) is 0 Å². The Hall–Kier alpha value is -7.83. The number of hydrogen-bond donors (Lipinski definition) is 0. The highest BCUT2D eigenvalue weighted by molar-refractivity contribution is 6.25. The number of aromatic nitrogens is 5. The van der Waals surface area contributed by atoms with E-state index in [2.05, 4.69) is 124 Å². The van der Waals surface area contributed by atoms with E-state index in [1.165, 1.54) is 16.2 Å². The van der Waals surface area contributed by atoms with Crippen molar-refractivity contribution in [1.82, 2.24) is 24.1 Å². The molecule has 0 bridgehead atoms. The van der Waals surface area contributed by atoms with Gasteiger partial charge in [0.15, 0.2) is 17.5 Å². The zero-order valence-corrected chi connectivity index (χ0v) is 30.5. The quantitative estimate of drug-likeness (QED) is 0.177. The molecular formula is C51H31N5O. The summed E-state index contributed by atoms with van der Waals surface area (Å²) in [7, 11) is 0. The van der Waals surface area contributed by atoms with Gasteiger partial charge in [-0.05, 0) is 54.6 Å².